The minimum absolute atomic E-state index is 0.103. The van der Waals surface area contributed by atoms with Gasteiger partial charge in [-0.1, -0.05) is 31.6 Å². The predicted octanol–water partition coefficient (Wildman–Crippen LogP) is 4.32. The highest BCUT2D eigenvalue weighted by molar-refractivity contribution is 5.98. The molecule has 2 saturated heterocycles. The maximum atomic E-state index is 13.1. The molecule has 0 spiro atoms. The highest BCUT2D eigenvalue weighted by Gasteiger charge is 2.73. The van der Waals surface area contributed by atoms with Crippen molar-refractivity contribution in [2.45, 2.75) is 109 Å². The van der Waals surface area contributed by atoms with E-state index in [1.54, 1.807) is 6.08 Å². The Morgan fingerprint density at radius 3 is 2.58 bits per heavy atom. The van der Waals surface area contributed by atoms with E-state index in [1.807, 2.05) is 13.0 Å². The Labute approximate surface area is 197 Å². The molecule has 2 aliphatic heterocycles. The average Bonchev–Trinajstić information content (AvgIpc) is 3.24. The van der Waals surface area contributed by atoms with Crippen LogP contribution in [0.3, 0.4) is 0 Å². The topological polar surface area (TPSA) is 79.3 Å². The SMILES string of the molecule is C[C@H]([C@H]1C[C@]2(C)O[C@]2(C)[C@H](O)O1)[C@@]1(O)CC[C@H]2[C@H]3CC=C4CC=CC(=O)[C@]4(C)[C@@H]3CC[C@@]21C. The molecule has 0 aromatic carbocycles. The fourth-order valence-electron chi connectivity index (χ4n) is 9.29. The lowest BCUT2D eigenvalue weighted by Crippen LogP contribution is -2.60. The molecule has 6 aliphatic rings. The van der Waals surface area contributed by atoms with Gasteiger partial charge in [0.15, 0.2) is 12.1 Å². The third kappa shape index (κ3) is 2.55. The molecular formula is C28H40O5. The van der Waals surface area contributed by atoms with Crippen molar-refractivity contribution in [3.63, 3.8) is 0 Å². The van der Waals surface area contributed by atoms with Crippen molar-refractivity contribution in [2.75, 3.05) is 0 Å². The van der Waals surface area contributed by atoms with Crippen molar-refractivity contribution < 1.29 is 24.5 Å². The summed E-state index contributed by atoms with van der Waals surface area (Å²) in [5, 5.41) is 23.0. The van der Waals surface area contributed by atoms with Crippen LogP contribution >= 0.6 is 0 Å². The molecule has 4 aliphatic carbocycles. The number of hydrogen-bond donors (Lipinski definition) is 2. The maximum Gasteiger partial charge on any atom is 0.186 e. The van der Waals surface area contributed by atoms with Crippen molar-refractivity contribution in [3.05, 3.63) is 23.8 Å². The second-order valence-corrected chi connectivity index (χ2v) is 12.9. The molecule has 0 unspecified atom stereocenters. The summed E-state index contributed by atoms with van der Waals surface area (Å²) in [6, 6.07) is 0. The molecule has 11 atom stereocenters. The number of ether oxygens (including phenoxy) is 2. The van der Waals surface area contributed by atoms with E-state index in [9.17, 15) is 15.0 Å². The molecule has 2 N–H and O–H groups in total. The molecule has 0 aromatic rings. The molecule has 6 rings (SSSR count). The van der Waals surface area contributed by atoms with E-state index in [1.165, 1.54) is 5.57 Å². The average molecular weight is 457 g/mol. The van der Waals surface area contributed by atoms with E-state index in [-0.39, 0.29) is 34.2 Å². The minimum Gasteiger partial charge on any atom is -0.389 e. The van der Waals surface area contributed by atoms with Gasteiger partial charge in [-0.25, -0.2) is 0 Å². The maximum absolute atomic E-state index is 13.1. The number of carbonyl (C=O) groups excluding carboxylic acids is 1. The lowest BCUT2D eigenvalue weighted by Gasteiger charge is -2.58. The molecule has 182 valence electrons. The molecule has 33 heavy (non-hydrogen) atoms. The van der Waals surface area contributed by atoms with Crippen molar-refractivity contribution in [1.29, 1.82) is 0 Å². The predicted molar refractivity (Wildman–Crippen MR) is 124 cm³/mol. The zero-order valence-corrected chi connectivity index (χ0v) is 20.8. The Kier molecular flexibility index (Phi) is 4.49. The van der Waals surface area contributed by atoms with Crippen LogP contribution in [0.4, 0.5) is 0 Å². The molecule has 0 radical (unpaired) electrons. The molecule has 5 nitrogen and oxygen atoms in total. The van der Waals surface area contributed by atoms with Crippen LogP contribution < -0.4 is 0 Å². The lowest BCUT2D eigenvalue weighted by molar-refractivity contribution is -0.231. The van der Waals surface area contributed by atoms with Gasteiger partial charge in [-0.3, -0.25) is 4.79 Å². The smallest absolute Gasteiger partial charge is 0.186 e. The Balaban J connectivity index is 1.29. The molecule has 2 saturated carbocycles. The summed E-state index contributed by atoms with van der Waals surface area (Å²) in [6.45, 7) is 10.5. The van der Waals surface area contributed by atoms with Gasteiger partial charge in [0.05, 0.1) is 17.1 Å². The van der Waals surface area contributed by atoms with Gasteiger partial charge in [0, 0.05) is 12.3 Å². The first-order valence-electron chi connectivity index (χ1n) is 13.1. The van der Waals surface area contributed by atoms with Crippen LogP contribution in [0.5, 0.6) is 0 Å². The van der Waals surface area contributed by atoms with Gasteiger partial charge in [0.25, 0.3) is 0 Å². The fourth-order valence-corrected chi connectivity index (χ4v) is 9.29. The van der Waals surface area contributed by atoms with Crippen LogP contribution in [-0.4, -0.2) is 45.2 Å². The summed E-state index contributed by atoms with van der Waals surface area (Å²) < 4.78 is 12.0. The molecule has 4 fully saturated rings. The zero-order valence-electron chi connectivity index (χ0n) is 20.8. The monoisotopic (exact) mass is 456 g/mol. The lowest BCUT2D eigenvalue weighted by atomic mass is 9.46. The Morgan fingerprint density at radius 2 is 1.85 bits per heavy atom. The van der Waals surface area contributed by atoms with Gasteiger partial charge in [0.1, 0.15) is 11.2 Å². The summed E-state index contributed by atoms with van der Waals surface area (Å²) >= 11 is 0. The third-order valence-electron chi connectivity index (χ3n) is 11.9. The molecular weight excluding hydrogens is 416 g/mol. The van der Waals surface area contributed by atoms with Crippen molar-refractivity contribution in [2.24, 2.45) is 34.5 Å². The van der Waals surface area contributed by atoms with E-state index in [4.69, 9.17) is 9.47 Å². The van der Waals surface area contributed by atoms with E-state index >= 15 is 0 Å². The first-order valence-corrected chi connectivity index (χ1v) is 13.1. The van der Waals surface area contributed by atoms with Crippen LogP contribution in [0.15, 0.2) is 23.8 Å². The number of ketones is 1. The van der Waals surface area contributed by atoms with Gasteiger partial charge in [-0.05, 0) is 88.5 Å². The summed E-state index contributed by atoms with van der Waals surface area (Å²) in [5.74, 6) is 1.35. The van der Waals surface area contributed by atoms with Gasteiger partial charge in [0.2, 0.25) is 0 Å². The Bertz CT molecular complexity index is 956. The van der Waals surface area contributed by atoms with E-state index < -0.39 is 17.5 Å². The number of fused-ring (bicyclic) bond motifs is 6. The second-order valence-electron chi connectivity index (χ2n) is 12.9. The van der Waals surface area contributed by atoms with Gasteiger partial charge >= 0.3 is 0 Å². The van der Waals surface area contributed by atoms with Crippen LogP contribution in [0.1, 0.15) is 79.6 Å². The summed E-state index contributed by atoms with van der Waals surface area (Å²) in [4.78, 5) is 13.1. The summed E-state index contributed by atoms with van der Waals surface area (Å²) in [7, 11) is 0. The van der Waals surface area contributed by atoms with Crippen molar-refractivity contribution >= 4 is 5.78 Å². The molecule has 0 amide bonds. The molecule has 2 heterocycles. The Morgan fingerprint density at radius 1 is 1.12 bits per heavy atom. The van der Waals surface area contributed by atoms with Crippen molar-refractivity contribution in [3.8, 4) is 0 Å². The fraction of sp³-hybridized carbons (Fsp3) is 0.821. The Hall–Kier alpha value is -1.01. The molecule has 0 bridgehead atoms. The number of aliphatic hydroxyl groups excluding tert-OH is 1. The minimum atomic E-state index is -0.958. The third-order valence-corrected chi connectivity index (χ3v) is 11.9. The van der Waals surface area contributed by atoms with E-state index in [0.717, 1.165) is 38.5 Å². The van der Waals surface area contributed by atoms with Crippen LogP contribution in [0.25, 0.3) is 0 Å². The number of epoxide rings is 1. The normalized spacial score (nSPS) is 58.0. The van der Waals surface area contributed by atoms with Gasteiger partial charge in [-0.2, -0.15) is 0 Å². The van der Waals surface area contributed by atoms with Crippen molar-refractivity contribution in [1.82, 2.24) is 0 Å². The first kappa shape index (κ1) is 22.5. The number of carbonyl (C=O) groups is 1. The summed E-state index contributed by atoms with van der Waals surface area (Å²) in [5.41, 5.74) is -1.15. The van der Waals surface area contributed by atoms with Crippen LogP contribution in [0, 0.1) is 34.5 Å². The van der Waals surface area contributed by atoms with E-state index in [0.29, 0.717) is 24.2 Å². The zero-order chi connectivity index (χ0) is 23.6. The largest absolute Gasteiger partial charge is 0.389 e. The summed E-state index contributed by atoms with van der Waals surface area (Å²) in [6.07, 6.45) is 11.2. The van der Waals surface area contributed by atoms with Crippen LogP contribution in [-0.2, 0) is 14.3 Å². The number of aliphatic hydroxyl groups is 2. The molecule has 0 aromatic heterocycles. The van der Waals surface area contributed by atoms with E-state index in [2.05, 4.69) is 33.8 Å². The number of hydrogen-bond acceptors (Lipinski definition) is 5. The van der Waals surface area contributed by atoms with Gasteiger partial charge in [-0.15, -0.1) is 0 Å². The number of allylic oxidation sites excluding steroid dienone is 4. The quantitative estimate of drug-likeness (QED) is 0.478. The highest BCUT2D eigenvalue weighted by atomic mass is 16.7. The standard InChI is InChI=1S/C28H40O5/c1-16(21-15-25(3)27(5,33-25)23(30)32-21)28(31)14-12-19-18-10-9-17-7-6-8-22(29)26(17,4)20(18)11-13-24(19,28)2/h6,8-9,16,18-21,23,30-31H,7,10-15H2,1-5H3/t16-,18-,19+,20-,21-,23-,24+,25+,26+,27-,28+/m1/s1. The highest BCUT2D eigenvalue weighted by Crippen LogP contribution is 2.68. The number of rotatable bonds is 2. The van der Waals surface area contributed by atoms with Gasteiger partial charge < -0.3 is 19.7 Å². The molecule has 5 heteroatoms. The van der Waals surface area contributed by atoms with Crippen LogP contribution in [0.2, 0.25) is 0 Å². The second kappa shape index (κ2) is 6.60. The first-order chi connectivity index (χ1) is 15.4.